The summed E-state index contributed by atoms with van der Waals surface area (Å²) in [4.78, 5) is 14.6. The van der Waals surface area contributed by atoms with E-state index in [2.05, 4.69) is 25.9 Å². The molecule has 0 aliphatic carbocycles. The van der Waals surface area contributed by atoms with Gasteiger partial charge in [-0.3, -0.25) is 4.68 Å². The van der Waals surface area contributed by atoms with Crippen molar-refractivity contribution in [2.24, 2.45) is 0 Å². The van der Waals surface area contributed by atoms with Gasteiger partial charge < -0.3 is 10.2 Å². The van der Waals surface area contributed by atoms with E-state index in [1.54, 1.807) is 10.9 Å². The van der Waals surface area contributed by atoms with Gasteiger partial charge in [-0.15, -0.1) is 5.10 Å². The van der Waals surface area contributed by atoms with Crippen LogP contribution in [-0.4, -0.2) is 53.5 Å². The summed E-state index contributed by atoms with van der Waals surface area (Å²) in [5.74, 6) is 0.709. The second kappa shape index (κ2) is 6.95. The number of nitrogens with zero attached hydrogens (tertiary/aromatic N) is 7. The van der Waals surface area contributed by atoms with Crippen molar-refractivity contribution in [3.8, 4) is 5.69 Å². The zero-order valence-electron chi connectivity index (χ0n) is 14.5. The molecule has 0 saturated carbocycles. The Bertz CT molecular complexity index is 871. The lowest BCUT2D eigenvalue weighted by Gasteiger charge is -2.25. The van der Waals surface area contributed by atoms with E-state index in [1.807, 2.05) is 53.0 Å². The van der Waals surface area contributed by atoms with Gasteiger partial charge >= 0.3 is 6.03 Å². The van der Waals surface area contributed by atoms with Gasteiger partial charge in [0, 0.05) is 24.6 Å². The molecule has 1 aliphatic rings. The van der Waals surface area contributed by atoms with Crippen molar-refractivity contribution in [3.63, 3.8) is 0 Å². The molecule has 4 rings (SSSR count). The number of hydrogen-bond donors (Lipinski definition) is 1. The molecule has 1 N–H and O–H groups in total. The molecule has 3 aromatic rings. The lowest BCUT2D eigenvalue weighted by Crippen LogP contribution is -2.40. The van der Waals surface area contributed by atoms with E-state index >= 15 is 0 Å². The van der Waals surface area contributed by atoms with Crippen LogP contribution in [0, 0.1) is 6.92 Å². The molecule has 1 atom stereocenters. The summed E-state index contributed by atoms with van der Waals surface area (Å²) in [6, 6.07) is 9.45. The summed E-state index contributed by atoms with van der Waals surface area (Å²) in [5, 5.41) is 18.7. The Labute approximate surface area is 150 Å². The maximum absolute atomic E-state index is 12.7. The molecule has 0 spiro atoms. The van der Waals surface area contributed by atoms with Crippen LogP contribution in [0.15, 0.2) is 42.7 Å². The summed E-state index contributed by atoms with van der Waals surface area (Å²) < 4.78 is 3.52. The molecule has 134 valence electrons. The highest BCUT2D eigenvalue weighted by molar-refractivity contribution is 5.89. The molecule has 1 unspecified atom stereocenters. The van der Waals surface area contributed by atoms with Crippen molar-refractivity contribution in [2.75, 3.05) is 11.9 Å². The van der Waals surface area contributed by atoms with Crippen LogP contribution < -0.4 is 5.32 Å². The Kier molecular flexibility index (Phi) is 4.34. The largest absolute Gasteiger partial charge is 0.322 e. The smallest absolute Gasteiger partial charge is 0.320 e. The van der Waals surface area contributed by atoms with Crippen LogP contribution >= 0.6 is 0 Å². The summed E-state index contributed by atoms with van der Waals surface area (Å²) >= 11 is 0. The molecule has 1 fully saturated rings. The summed E-state index contributed by atoms with van der Waals surface area (Å²) in [6.45, 7) is 3.32. The first-order valence-corrected chi connectivity index (χ1v) is 8.61. The van der Waals surface area contributed by atoms with Crippen molar-refractivity contribution < 1.29 is 4.79 Å². The molecule has 0 radical (unpaired) electrons. The molecule has 1 saturated heterocycles. The lowest BCUT2D eigenvalue weighted by atomic mass is 10.2. The van der Waals surface area contributed by atoms with Crippen LogP contribution in [0.4, 0.5) is 10.5 Å². The van der Waals surface area contributed by atoms with Gasteiger partial charge in [-0.2, -0.15) is 9.78 Å². The van der Waals surface area contributed by atoms with E-state index in [0.717, 1.165) is 37.3 Å². The molecule has 26 heavy (non-hydrogen) atoms. The first kappa shape index (κ1) is 16.2. The van der Waals surface area contributed by atoms with E-state index in [-0.39, 0.29) is 12.1 Å². The molecule has 9 heteroatoms. The number of anilines is 1. The second-order valence-electron chi connectivity index (χ2n) is 6.33. The molecule has 3 heterocycles. The normalized spacial score (nSPS) is 16.8. The van der Waals surface area contributed by atoms with Gasteiger partial charge in [0.15, 0.2) is 5.82 Å². The third-order valence-electron chi connectivity index (χ3n) is 4.58. The molecule has 1 aromatic carbocycles. The molecule has 2 aromatic heterocycles. The predicted octanol–water partition coefficient (Wildman–Crippen LogP) is 1.86. The van der Waals surface area contributed by atoms with Gasteiger partial charge in [0.05, 0.1) is 18.3 Å². The maximum atomic E-state index is 12.7. The number of urea groups is 1. The monoisotopic (exact) mass is 352 g/mol. The minimum atomic E-state index is -0.0778. The quantitative estimate of drug-likeness (QED) is 0.773. The number of rotatable bonds is 4. The molecule has 2 amide bonds. The van der Waals surface area contributed by atoms with Crippen molar-refractivity contribution >= 4 is 11.7 Å². The van der Waals surface area contributed by atoms with Crippen LogP contribution in [0.3, 0.4) is 0 Å². The summed E-state index contributed by atoms with van der Waals surface area (Å²) in [6.07, 6.45) is 5.68. The van der Waals surface area contributed by atoms with Crippen molar-refractivity contribution in [1.29, 1.82) is 0 Å². The van der Waals surface area contributed by atoms with Crippen LogP contribution in [0.2, 0.25) is 0 Å². The number of carbonyl (C=O) groups is 1. The van der Waals surface area contributed by atoms with Crippen molar-refractivity contribution in [3.05, 3.63) is 48.5 Å². The summed E-state index contributed by atoms with van der Waals surface area (Å²) in [5.41, 5.74) is 1.59. The van der Waals surface area contributed by atoms with Gasteiger partial charge in [0.2, 0.25) is 0 Å². The molecule has 9 nitrogen and oxygen atoms in total. The molecule has 0 bridgehead atoms. The number of amides is 2. The number of aromatic nitrogens is 6. The first-order chi connectivity index (χ1) is 12.7. The first-order valence-electron chi connectivity index (χ1n) is 8.61. The van der Waals surface area contributed by atoms with E-state index in [9.17, 15) is 4.79 Å². The molecular weight excluding hydrogens is 332 g/mol. The Morgan fingerprint density at radius 1 is 1.31 bits per heavy atom. The van der Waals surface area contributed by atoms with Crippen LogP contribution in [-0.2, 0) is 6.54 Å². The number of aryl methyl sites for hydroxylation is 1. The van der Waals surface area contributed by atoms with Gasteiger partial charge in [-0.05, 0) is 60.5 Å². The number of tetrazole rings is 1. The number of likely N-dealkylation sites (tertiary alicyclic amines) is 1. The number of carbonyl (C=O) groups excluding carboxylic acids is 1. The van der Waals surface area contributed by atoms with E-state index in [1.165, 1.54) is 0 Å². The third-order valence-corrected chi connectivity index (χ3v) is 4.58. The van der Waals surface area contributed by atoms with Gasteiger partial charge in [0.1, 0.15) is 0 Å². The van der Waals surface area contributed by atoms with Crippen molar-refractivity contribution in [1.82, 2.24) is 34.9 Å². The highest BCUT2D eigenvalue weighted by Crippen LogP contribution is 2.21. The number of hydrogen-bond acceptors (Lipinski definition) is 5. The van der Waals surface area contributed by atoms with E-state index in [4.69, 9.17) is 0 Å². The van der Waals surface area contributed by atoms with Gasteiger partial charge in [-0.1, -0.05) is 0 Å². The number of nitrogens with one attached hydrogen (secondary N) is 1. The minimum Gasteiger partial charge on any atom is -0.320 e. The standard InChI is InChI=1S/C17H20N8O/c1-13-20-21-22-25(13)15-7-5-14(6-8-15)19-17(26)24-11-2-4-16(24)12-23-10-3-9-18-23/h3,5-10,16H,2,4,11-12H2,1H3,(H,19,26). The Morgan fingerprint density at radius 2 is 2.15 bits per heavy atom. The molecule has 1 aliphatic heterocycles. The average Bonchev–Trinajstić information content (AvgIpc) is 3.38. The second-order valence-corrected chi connectivity index (χ2v) is 6.33. The minimum absolute atomic E-state index is 0.0778. The predicted molar refractivity (Wildman–Crippen MR) is 94.9 cm³/mol. The van der Waals surface area contributed by atoms with E-state index < -0.39 is 0 Å². The highest BCUT2D eigenvalue weighted by Gasteiger charge is 2.29. The fourth-order valence-electron chi connectivity index (χ4n) is 3.27. The average molecular weight is 352 g/mol. The zero-order valence-corrected chi connectivity index (χ0v) is 14.5. The zero-order chi connectivity index (χ0) is 17.9. The fraction of sp³-hybridized carbons (Fsp3) is 0.353. The Hall–Kier alpha value is -3.23. The van der Waals surface area contributed by atoms with Crippen LogP contribution in [0.1, 0.15) is 18.7 Å². The fourth-order valence-corrected chi connectivity index (χ4v) is 3.27. The van der Waals surface area contributed by atoms with Crippen molar-refractivity contribution in [2.45, 2.75) is 32.4 Å². The van der Waals surface area contributed by atoms with Gasteiger partial charge in [0.25, 0.3) is 0 Å². The highest BCUT2D eigenvalue weighted by atomic mass is 16.2. The van der Waals surface area contributed by atoms with Crippen LogP contribution in [0.5, 0.6) is 0 Å². The third kappa shape index (κ3) is 3.28. The molecular formula is C17H20N8O. The topological polar surface area (TPSA) is 93.8 Å². The summed E-state index contributed by atoms with van der Waals surface area (Å²) in [7, 11) is 0. The van der Waals surface area contributed by atoms with Crippen LogP contribution in [0.25, 0.3) is 5.69 Å². The Morgan fingerprint density at radius 3 is 2.85 bits per heavy atom. The lowest BCUT2D eigenvalue weighted by molar-refractivity contribution is 0.199. The van der Waals surface area contributed by atoms with Gasteiger partial charge in [-0.25, -0.2) is 4.79 Å². The maximum Gasteiger partial charge on any atom is 0.322 e. The number of benzene rings is 1. The SMILES string of the molecule is Cc1nnnn1-c1ccc(NC(=O)N2CCCC2Cn2cccn2)cc1. The van der Waals surface area contributed by atoms with E-state index in [0.29, 0.717) is 5.82 Å². The Balaban J connectivity index is 1.41.